The number of nitrogens with one attached hydrogen (secondary N) is 1. The second-order valence-electron chi connectivity index (χ2n) is 6.98. The zero-order valence-corrected chi connectivity index (χ0v) is 15.8. The van der Waals surface area contributed by atoms with E-state index in [4.69, 9.17) is 0 Å². The van der Waals surface area contributed by atoms with E-state index in [2.05, 4.69) is 10.3 Å². The fraction of sp³-hybridized carbons (Fsp3) is 0.238. The highest BCUT2D eigenvalue weighted by atomic mass is 16.6. The molecule has 3 rings (SSSR count). The van der Waals surface area contributed by atoms with Crippen molar-refractivity contribution < 1.29 is 14.8 Å². The van der Waals surface area contributed by atoms with Gasteiger partial charge in [0.25, 0.3) is 5.69 Å². The van der Waals surface area contributed by atoms with Gasteiger partial charge in [0.2, 0.25) is 5.91 Å². The molecule has 7 heteroatoms. The molecule has 1 heterocycles. The first-order chi connectivity index (χ1) is 13.3. The molecule has 0 spiro atoms. The second kappa shape index (κ2) is 7.64. The van der Waals surface area contributed by atoms with Crippen molar-refractivity contribution in [3.8, 4) is 5.75 Å². The Kier molecular flexibility index (Phi) is 5.26. The smallest absolute Gasteiger partial charge is 0.279 e. The lowest BCUT2D eigenvalue weighted by Crippen LogP contribution is -2.33. The van der Waals surface area contributed by atoms with Crippen LogP contribution in [0.15, 0.2) is 48.7 Å². The van der Waals surface area contributed by atoms with Crippen molar-refractivity contribution in [3.05, 3.63) is 75.5 Å². The lowest BCUT2D eigenvalue weighted by Gasteiger charge is -2.26. The summed E-state index contributed by atoms with van der Waals surface area (Å²) in [7, 11) is 0. The highest BCUT2D eigenvalue weighted by Gasteiger charge is 2.24. The number of nitro benzene ring substituents is 1. The van der Waals surface area contributed by atoms with E-state index in [1.807, 2.05) is 19.1 Å². The molecule has 0 saturated carbocycles. The number of carbonyl (C=O) groups is 1. The van der Waals surface area contributed by atoms with E-state index in [0.29, 0.717) is 5.56 Å². The van der Waals surface area contributed by atoms with Crippen LogP contribution in [0.2, 0.25) is 0 Å². The Hall–Kier alpha value is -3.48. The van der Waals surface area contributed by atoms with Crippen molar-refractivity contribution in [2.75, 3.05) is 0 Å². The molecule has 2 aromatic carbocycles. The first kappa shape index (κ1) is 19.3. The van der Waals surface area contributed by atoms with Gasteiger partial charge in [0.15, 0.2) is 0 Å². The van der Waals surface area contributed by atoms with Crippen LogP contribution in [0.1, 0.15) is 36.6 Å². The molecule has 144 valence electrons. The Morgan fingerprint density at radius 1 is 1.18 bits per heavy atom. The molecule has 1 aromatic heterocycles. The fourth-order valence-electron chi connectivity index (χ4n) is 2.99. The highest BCUT2D eigenvalue weighted by molar-refractivity contribution is 5.93. The number of hydrogen-bond acceptors (Lipinski definition) is 5. The fourth-order valence-corrected chi connectivity index (χ4v) is 2.99. The van der Waals surface area contributed by atoms with E-state index >= 15 is 0 Å². The number of pyridine rings is 1. The molecule has 0 bridgehead atoms. The predicted octanol–water partition coefficient (Wildman–Crippen LogP) is 3.39. The molecule has 1 atom stereocenters. The molecule has 0 fully saturated rings. The number of aromatic nitrogens is 1. The number of benzene rings is 2. The van der Waals surface area contributed by atoms with Crippen LogP contribution in [0.5, 0.6) is 5.75 Å². The van der Waals surface area contributed by atoms with E-state index in [0.717, 1.165) is 5.56 Å². The van der Waals surface area contributed by atoms with Crippen molar-refractivity contribution in [3.63, 3.8) is 0 Å². The van der Waals surface area contributed by atoms with Gasteiger partial charge in [-0.2, -0.15) is 0 Å². The van der Waals surface area contributed by atoms with Crippen LogP contribution in [-0.4, -0.2) is 15.8 Å². The zero-order valence-electron chi connectivity index (χ0n) is 15.8. The van der Waals surface area contributed by atoms with Gasteiger partial charge >= 0.3 is 0 Å². The molecule has 0 aliphatic rings. The van der Waals surface area contributed by atoms with Gasteiger partial charge in [-0.25, -0.2) is 0 Å². The Bertz CT molecular complexity index is 1050. The number of non-ortho nitro benzene ring substituents is 1. The van der Waals surface area contributed by atoms with Gasteiger partial charge in [-0.3, -0.25) is 19.9 Å². The normalized spacial score (nSPS) is 12.1. The van der Waals surface area contributed by atoms with Gasteiger partial charge in [-0.1, -0.05) is 49.4 Å². The van der Waals surface area contributed by atoms with Crippen molar-refractivity contribution in [1.82, 2.24) is 10.3 Å². The third-order valence-corrected chi connectivity index (χ3v) is 4.58. The first-order valence-electron chi connectivity index (χ1n) is 8.89. The lowest BCUT2D eigenvalue weighted by molar-refractivity contribution is -0.383. The number of fused-ring (bicyclic) bond motifs is 1. The highest BCUT2D eigenvalue weighted by Crippen LogP contribution is 2.38. The minimum absolute atomic E-state index is 0.0163. The molecular formula is C21H20N3O4-. The van der Waals surface area contributed by atoms with E-state index in [9.17, 15) is 20.0 Å². The second-order valence-corrected chi connectivity index (χ2v) is 6.98. The number of carbonyl (C=O) groups excluding carboxylic acids is 1. The minimum Gasteiger partial charge on any atom is -0.871 e. The molecule has 0 radical (unpaired) electrons. The van der Waals surface area contributed by atoms with Crippen LogP contribution in [0.4, 0.5) is 5.69 Å². The van der Waals surface area contributed by atoms with Crippen LogP contribution in [0.3, 0.4) is 0 Å². The van der Waals surface area contributed by atoms with Crippen LogP contribution < -0.4 is 10.4 Å². The van der Waals surface area contributed by atoms with Crippen molar-refractivity contribution >= 4 is 22.5 Å². The summed E-state index contributed by atoms with van der Waals surface area (Å²) in [6.07, 6.45) is 1.42. The summed E-state index contributed by atoms with van der Waals surface area (Å²) in [4.78, 5) is 27.5. The molecule has 1 N–H and O–H groups in total. The Morgan fingerprint density at radius 2 is 1.86 bits per heavy atom. The average molecular weight is 378 g/mol. The molecule has 28 heavy (non-hydrogen) atoms. The standard InChI is InChI=1S/C21H21N3O4/c1-12(2)21(26)23-18(14-8-6-13(3)7-9-14)16-11-17(24(27)28)15-5-4-10-22-19(15)20(16)25/h4-12,18,25H,1-3H3,(H,23,26)/p-1/t18-/m1/s1. The molecule has 0 saturated heterocycles. The molecule has 0 unspecified atom stereocenters. The monoisotopic (exact) mass is 378 g/mol. The van der Waals surface area contributed by atoms with Crippen molar-refractivity contribution in [2.45, 2.75) is 26.8 Å². The van der Waals surface area contributed by atoms with E-state index < -0.39 is 16.7 Å². The summed E-state index contributed by atoms with van der Waals surface area (Å²) in [5, 5.41) is 27.7. The quantitative estimate of drug-likeness (QED) is 0.541. The van der Waals surface area contributed by atoms with Crippen LogP contribution in [0, 0.1) is 23.0 Å². The summed E-state index contributed by atoms with van der Waals surface area (Å²) < 4.78 is 0. The third-order valence-electron chi connectivity index (χ3n) is 4.58. The Morgan fingerprint density at radius 3 is 2.46 bits per heavy atom. The summed E-state index contributed by atoms with van der Waals surface area (Å²) in [5.74, 6) is -0.999. The minimum atomic E-state index is -0.812. The summed E-state index contributed by atoms with van der Waals surface area (Å²) >= 11 is 0. The number of aryl methyl sites for hydroxylation is 1. The van der Waals surface area contributed by atoms with Crippen LogP contribution in [0.25, 0.3) is 10.9 Å². The molecule has 7 nitrogen and oxygen atoms in total. The van der Waals surface area contributed by atoms with E-state index in [1.54, 1.807) is 32.0 Å². The van der Waals surface area contributed by atoms with Gasteiger partial charge in [-0.15, -0.1) is 0 Å². The van der Waals surface area contributed by atoms with Crippen LogP contribution in [-0.2, 0) is 4.79 Å². The first-order valence-corrected chi connectivity index (χ1v) is 8.89. The predicted molar refractivity (Wildman–Crippen MR) is 104 cm³/mol. The van der Waals surface area contributed by atoms with Gasteiger partial charge < -0.3 is 10.4 Å². The number of hydrogen-bond donors (Lipinski definition) is 1. The number of nitrogens with zero attached hydrogens (tertiary/aromatic N) is 2. The number of nitro groups is 1. The molecular weight excluding hydrogens is 358 g/mol. The topological polar surface area (TPSA) is 108 Å². The van der Waals surface area contributed by atoms with Gasteiger partial charge in [0.05, 0.1) is 21.9 Å². The van der Waals surface area contributed by atoms with E-state index in [1.165, 1.54) is 18.3 Å². The molecule has 0 aliphatic heterocycles. The SMILES string of the molecule is Cc1ccc([C@@H](NC(=O)C(C)C)c2cc([N+](=O)[O-])c3cccnc3c2[O-])cc1. The Balaban J connectivity index is 2.25. The van der Waals surface area contributed by atoms with E-state index in [-0.39, 0.29) is 34.0 Å². The maximum Gasteiger partial charge on any atom is 0.279 e. The van der Waals surface area contributed by atoms with Crippen LogP contribution >= 0.6 is 0 Å². The lowest BCUT2D eigenvalue weighted by atomic mass is 9.94. The number of amides is 1. The zero-order chi connectivity index (χ0) is 20.4. The number of rotatable bonds is 5. The maximum absolute atomic E-state index is 13.1. The summed E-state index contributed by atoms with van der Waals surface area (Å²) in [6, 6.07) is 10.8. The largest absolute Gasteiger partial charge is 0.871 e. The molecule has 3 aromatic rings. The molecule has 0 aliphatic carbocycles. The van der Waals surface area contributed by atoms with Gasteiger partial charge in [-0.05, 0) is 30.2 Å². The van der Waals surface area contributed by atoms with Gasteiger partial charge in [0, 0.05) is 18.2 Å². The Labute approximate surface area is 162 Å². The van der Waals surface area contributed by atoms with Crippen molar-refractivity contribution in [2.24, 2.45) is 5.92 Å². The summed E-state index contributed by atoms with van der Waals surface area (Å²) in [5.41, 5.74) is 1.61. The maximum atomic E-state index is 13.1. The van der Waals surface area contributed by atoms with Gasteiger partial charge in [0.1, 0.15) is 0 Å². The molecule has 1 amide bonds. The third kappa shape index (κ3) is 3.64. The summed E-state index contributed by atoms with van der Waals surface area (Å²) in [6.45, 7) is 5.41. The average Bonchev–Trinajstić information content (AvgIpc) is 2.67. The van der Waals surface area contributed by atoms with Crippen molar-refractivity contribution in [1.29, 1.82) is 0 Å².